The molecule has 7 nitrogen and oxygen atoms in total. The van der Waals surface area contributed by atoms with Gasteiger partial charge in [0.2, 0.25) is 0 Å². The number of anilines is 1. The summed E-state index contributed by atoms with van der Waals surface area (Å²) in [5, 5.41) is 0. The van der Waals surface area contributed by atoms with Crippen molar-refractivity contribution in [3.63, 3.8) is 0 Å². The van der Waals surface area contributed by atoms with Crippen LogP contribution in [0.25, 0.3) is 27.8 Å². The van der Waals surface area contributed by atoms with Gasteiger partial charge in [0, 0.05) is 63.2 Å². The molecular weight excluding hydrogens is 422 g/mol. The standard InChI is InChI=1S/C27H25N7/c1-2-21(17-28-9-1)19-32-12-14-33(15-13-32)27-18-30-25-8-5-23(16-26(25)31-27)22-3-6-24(7-4-22)34-11-10-29-20-34/h1-11,16-18,20H,12-15,19H2. The molecule has 7 heteroatoms. The van der Waals surface area contributed by atoms with Crippen molar-refractivity contribution in [3.05, 3.63) is 97.5 Å². The highest BCUT2D eigenvalue weighted by Crippen LogP contribution is 2.25. The molecule has 1 saturated heterocycles. The van der Waals surface area contributed by atoms with Crippen molar-refractivity contribution in [2.75, 3.05) is 31.1 Å². The molecule has 3 aromatic heterocycles. The number of pyridine rings is 1. The number of fused-ring (bicyclic) bond motifs is 1. The first-order chi connectivity index (χ1) is 16.8. The van der Waals surface area contributed by atoms with Gasteiger partial charge in [0.05, 0.1) is 23.6 Å². The van der Waals surface area contributed by atoms with Gasteiger partial charge >= 0.3 is 0 Å². The predicted octanol–water partition coefficient (Wildman–Crippen LogP) is 4.20. The third kappa shape index (κ3) is 4.25. The molecule has 0 saturated carbocycles. The minimum atomic E-state index is 0.915. The molecule has 0 aliphatic carbocycles. The van der Waals surface area contributed by atoms with Crippen LogP contribution in [0.1, 0.15) is 5.56 Å². The predicted molar refractivity (Wildman–Crippen MR) is 134 cm³/mol. The monoisotopic (exact) mass is 447 g/mol. The molecule has 34 heavy (non-hydrogen) atoms. The maximum atomic E-state index is 4.97. The number of piperazine rings is 1. The summed E-state index contributed by atoms with van der Waals surface area (Å²) >= 11 is 0. The van der Waals surface area contributed by atoms with E-state index in [0.29, 0.717) is 0 Å². The SMILES string of the molecule is c1cncc(CN2CCN(c3cnc4ccc(-c5ccc(-n6ccnc6)cc5)cc4n3)CC2)c1. The van der Waals surface area contributed by atoms with E-state index in [2.05, 4.69) is 73.3 Å². The van der Waals surface area contributed by atoms with Crippen LogP contribution >= 0.6 is 0 Å². The zero-order valence-electron chi connectivity index (χ0n) is 18.8. The molecule has 5 aromatic rings. The zero-order chi connectivity index (χ0) is 22.7. The van der Waals surface area contributed by atoms with Gasteiger partial charge in [-0.2, -0.15) is 0 Å². The second kappa shape index (κ2) is 9.03. The highest BCUT2D eigenvalue weighted by molar-refractivity contribution is 5.82. The first kappa shape index (κ1) is 20.5. The lowest BCUT2D eigenvalue weighted by molar-refractivity contribution is 0.249. The average Bonchev–Trinajstić information content (AvgIpc) is 3.44. The normalized spacial score (nSPS) is 14.5. The topological polar surface area (TPSA) is 63.0 Å². The first-order valence-electron chi connectivity index (χ1n) is 11.5. The summed E-state index contributed by atoms with van der Waals surface area (Å²) in [7, 11) is 0. The second-order valence-corrected chi connectivity index (χ2v) is 8.57. The molecule has 0 radical (unpaired) electrons. The Balaban J connectivity index is 1.18. The minimum absolute atomic E-state index is 0.915. The average molecular weight is 448 g/mol. The Hall–Kier alpha value is -4.10. The fourth-order valence-electron chi connectivity index (χ4n) is 4.46. The number of aromatic nitrogens is 5. The summed E-state index contributed by atoms with van der Waals surface area (Å²) in [6, 6.07) is 18.9. The van der Waals surface area contributed by atoms with Crippen molar-refractivity contribution < 1.29 is 0 Å². The van der Waals surface area contributed by atoms with Gasteiger partial charge in [-0.25, -0.2) is 9.97 Å². The lowest BCUT2D eigenvalue weighted by Crippen LogP contribution is -2.46. The molecular formula is C27H25N7. The molecule has 0 N–H and O–H groups in total. The van der Waals surface area contributed by atoms with Crippen LogP contribution in [0.3, 0.4) is 0 Å². The van der Waals surface area contributed by atoms with E-state index >= 15 is 0 Å². The molecule has 0 amide bonds. The van der Waals surface area contributed by atoms with Gasteiger partial charge in [-0.05, 0) is 47.0 Å². The van der Waals surface area contributed by atoms with Crippen molar-refractivity contribution in [3.8, 4) is 16.8 Å². The Morgan fingerprint density at radius 1 is 0.765 bits per heavy atom. The molecule has 1 fully saturated rings. The highest BCUT2D eigenvalue weighted by Gasteiger charge is 2.19. The van der Waals surface area contributed by atoms with Crippen molar-refractivity contribution in [2.24, 2.45) is 0 Å². The second-order valence-electron chi connectivity index (χ2n) is 8.57. The van der Waals surface area contributed by atoms with E-state index in [4.69, 9.17) is 4.98 Å². The van der Waals surface area contributed by atoms with E-state index in [-0.39, 0.29) is 0 Å². The molecule has 0 bridgehead atoms. The van der Waals surface area contributed by atoms with Gasteiger partial charge in [0.15, 0.2) is 0 Å². The highest BCUT2D eigenvalue weighted by atomic mass is 15.3. The van der Waals surface area contributed by atoms with E-state index in [9.17, 15) is 0 Å². The first-order valence-corrected chi connectivity index (χ1v) is 11.5. The van der Waals surface area contributed by atoms with Crippen LogP contribution in [0.4, 0.5) is 5.82 Å². The Labute approximate surface area is 198 Å². The maximum Gasteiger partial charge on any atom is 0.147 e. The Bertz CT molecular complexity index is 1370. The van der Waals surface area contributed by atoms with Crippen LogP contribution < -0.4 is 4.90 Å². The Morgan fingerprint density at radius 3 is 2.38 bits per heavy atom. The number of hydrogen-bond acceptors (Lipinski definition) is 6. The van der Waals surface area contributed by atoms with E-state index in [1.54, 1.807) is 12.5 Å². The van der Waals surface area contributed by atoms with Crippen LogP contribution in [0, 0.1) is 0 Å². The summed E-state index contributed by atoms with van der Waals surface area (Å²) in [6.07, 6.45) is 11.2. The molecule has 1 aliphatic rings. The molecule has 1 aliphatic heterocycles. The van der Waals surface area contributed by atoms with Crippen LogP contribution in [0.2, 0.25) is 0 Å². The lowest BCUT2D eigenvalue weighted by Gasteiger charge is -2.35. The largest absolute Gasteiger partial charge is 0.353 e. The number of nitrogens with zero attached hydrogens (tertiary/aromatic N) is 7. The number of rotatable bonds is 5. The molecule has 0 spiro atoms. The van der Waals surface area contributed by atoms with E-state index < -0.39 is 0 Å². The van der Waals surface area contributed by atoms with Gasteiger partial charge in [-0.1, -0.05) is 24.3 Å². The summed E-state index contributed by atoms with van der Waals surface area (Å²) in [6.45, 7) is 4.82. The maximum absolute atomic E-state index is 4.97. The quantitative estimate of drug-likeness (QED) is 0.402. The van der Waals surface area contributed by atoms with Crippen molar-refractivity contribution >= 4 is 16.9 Å². The summed E-state index contributed by atoms with van der Waals surface area (Å²) in [5.74, 6) is 0.945. The van der Waals surface area contributed by atoms with Gasteiger partial charge in [-0.3, -0.25) is 14.9 Å². The fraction of sp³-hybridized carbons (Fsp3) is 0.185. The molecule has 168 valence electrons. The van der Waals surface area contributed by atoms with E-state index in [1.165, 1.54) is 5.56 Å². The Morgan fingerprint density at radius 2 is 1.62 bits per heavy atom. The van der Waals surface area contributed by atoms with Crippen LogP contribution in [0.5, 0.6) is 0 Å². The van der Waals surface area contributed by atoms with Gasteiger partial charge in [0.1, 0.15) is 5.82 Å². The van der Waals surface area contributed by atoms with Crippen molar-refractivity contribution in [1.29, 1.82) is 0 Å². The van der Waals surface area contributed by atoms with Crippen molar-refractivity contribution in [1.82, 2.24) is 29.4 Å². The number of imidazole rings is 1. The molecule has 6 rings (SSSR count). The zero-order valence-corrected chi connectivity index (χ0v) is 18.8. The molecule has 0 unspecified atom stereocenters. The van der Waals surface area contributed by atoms with Crippen LogP contribution in [-0.2, 0) is 6.54 Å². The third-order valence-corrected chi connectivity index (χ3v) is 6.36. The summed E-state index contributed by atoms with van der Waals surface area (Å²) in [5.41, 5.74) is 6.47. The van der Waals surface area contributed by atoms with Gasteiger partial charge in [0.25, 0.3) is 0 Å². The van der Waals surface area contributed by atoms with Crippen LogP contribution in [0.15, 0.2) is 91.9 Å². The Kier molecular flexibility index (Phi) is 5.45. The van der Waals surface area contributed by atoms with Gasteiger partial charge < -0.3 is 9.47 Å². The van der Waals surface area contributed by atoms with E-state index in [0.717, 1.165) is 66.4 Å². The number of benzene rings is 2. The fourth-order valence-corrected chi connectivity index (χ4v) is 4.46. The van der Waals surface area contributed by atoms with Crippen molar-refractivity contribution in [2.45, 2.75) is 6.54 Å². The summed E-state index contributed by atoms with van der Waals surface area (Å²) in [4.78, 5) is 22.8. The molecule has 2 aromatic carbocycles. The van der Waals surface area contributed by atoms with Gasteiger partial charge in [-0.15, -0.1) is 0 Å². The summed E-state index contributed by atoms with van der Waals surface area (Å²) < 4.78 is 2.00. The smallest absolute Gasteiger partial charge is 0.147 e. The lowest BCUT2D eigenvalue weighted by atomic mass is 10.0. The molecule has 0 atom stereocenters. The van der Waals surface area contributed by atoms with Crippen LogP contribution in [-0.4, -0.2) is 55.6 Å². The minimum Gasteiger partial charge on any atom is -0.353 e. The molecule has 4 heterocycles. The third-order valence-electron chi connectivity index (χ3n) is 6.36. The van der Waals surface area contributed by atoms with E-state index in [1.807, 2.05) is 35.4 Å². The number of hydrogen-bond donors (Lipinski definition) is 0.